The van der Waals surface area contributed by atoms with E-state index in [9.17, 15) is 9.59 Å². The van der Waals surface area contributed by atoms with Gasteiger partial charge in [-0.2, -0.15) is 0 Å². The summed E-state index contributed by atoms with van der Waals surface area (Å²) in [5.41, 5.74) is 0.371. The molecule has 2 saturated carbocycles. The molecule has 2 heterocycles. The Bertz CT molecular complexity index is 965. The predicted molar refractivity (Wildman–Crippen MR) is 151 cm³/mol. The number of benzene rings is 1. The highest BCUT2D eigenvalue weighted by molar-refractivity contribution is 6.31. The monoisotopic (exact) mass is 543 g/mol. The molecule has 1 aromatic rings. The van der Waals surface area contributed by atoms with Crippen LogP contribution in [0.1, 0.15) is 102 Å². The van der Waals surface area contributed by atoms with Crippen molar-refractivity contribution in [2.75, 3.05) is 19.6 Å². The molecule has 5 rings (SSSR count). The first-order chi connectivity index (χ1) is 18.5. The summed E-state index contributed by atoms with van der Waals surface area (Å²) in [5, 5.41) is 3.94. The van der Waals surface area contributed by atoms with E-state index >= 15 is 0 Å². The molecule has 1 spiro atoms. The molecule has 2 saturated heterocycles. The SMILES string of the molecule is CCCCN1C(=O)C(CC2CCCCC2)NC(=O)C12CCN(Cc1ccc(OC3CCCC3)cc1Cl)CC2. The Morgan fingerprint density at radius 1 is 1.03 bits per heavy atom. The number of piperidine rings is 1. The number of ether oxygens (including phenoxy) is 1. The quantitative estimate of drug-likeness (QED) is 0.409. The second kappa shape index (κ2) is 12.6. The van der Waals surface area contributed by atoms with Crippen LogP contribution in [-0.2, 0) is 16.1 Å². The Hall–Kier alpha value is -1.79. The summed E-state index contributed by atoms with van der Waals surface area (Å²) >= 11 is 6.67. The zero-order valence-corrected chi connectivity index (χ0v) is 23.9. The number of carbonyl (C=O) groups is 2. The molecule has 2 aliphatic heterocycles. The number of carbonyl (C=O) groups excluding carboxylic acids is 2. The van der Waals surface area contributed by atoms with Crippen LogP contribution >= 0.6 is 11.6 Å². The summed E-state index contributed by atoms with van der Waals surface area (Å²) in [6, 6.07) is 5.72. The number of hydrogen-bond acceptors (Lipinski definition) is 4. The van der Waals surface area contributed by atoms with Crippen molar-refractivity contribution < 1.29 is 14.3 Å². The van der Waals surface area contributed by atoms with E-state index in [2.05, 4.69) is 23.2 Å². The summed E-state index contributed by atoms with van der Waals surface area (Å²) in [6.45, 7) is 5.11. The summed E-state index contributed by atoms with van der Waals surface area (Å²) in [6.07, 6.45) is 15.3. The van der Waals surface area contributed by atoms with Crippen molar-refractivity contribution in [2.24, 2.45) is 5.92 Å². The fourth-order valence-electron chi connectivity index (χ4n) is 7.18. The van der Waals surface area contributed by atoms with Gasteiger partial charge in [-0.1, -0.05) is 63.1 Å². The number of nitrogens with one attached hydrogen (secondary N) is 1. The van der Waals surface area contributed by atoms with Gasteiger partial charge in [0, 0.05) is 31.2 Å². The standard InChI is InChI=1S/C31H46ClN3O3/c1-2-3-17-35-29(36)28(20-23-9-5-4-6-10-23)33-30(37)31(35)15-18-34(19-16-31)22-24-13-14-26(21-27(24)32)38-25-11-7-8-12-25/h13-14,21,23,25,28H,2-12,15-20,22H2,1H3,(H,33,37). The van der Waals surface area contributed by atoms with Gasteiger partial charge in [-0.25, -0.2) is 0 Å². The predicted octanol–water partition coefficient (Wildman–Crippen LogP) is 6.09. The van der Waals surface area contributed by atoms with Crippen molar-refractivity contribution in [3.8, 4) is 5.75 Å². The normalized spacial score (nSPS) is 25.2. The third-order valence-electron chi connectivity index (χ3n) is 9.54. The third kappa shape index (κ3) is 6.17. The number of nitrogens with zero attached hydrogens (tertiary/aromatic N) is 2. The Balaban J connectivity index is 1.21. The molecule has 2 amide bonds. The minimum Gasteiger partial charge on any atom is -0.490 e. The third-order valence-corrected chi connectivity index (χ3v) is 9.90. The highest BCUT2D eigenvalue weighted by atomic mass is 35.5. The van der Waals surface area contributed by atoms with E-state index in [-0.39, 0.29) is 17.9 Å². The smallest absolute Gasteiger partial charge is 0.246 e. The molecule has 38 heavy (non-hydrogen) atoms. The van der Waals surface area contributed by atoms with Gasteiger partial charge in [0.1, 0.15) is 17.3 Å². The van der Waals surface area contributed by atoms with Gasteiger partial charge < -0.3 is 15.0 Å². The zero-order chi connectivity index (χ0) is 26.5. The van der Waals surface area contributed by atoms with Gasteiger partial charge in [0.05, 0.1) is 6.10 Å². The second-order valence-electron chi connectivity index (χ2n) is 12.2. The molecule has 0 radical (unpaired) electrons. The second-order valence-corrected chi connectivity index (χ2v) is 12.6. The first-order valence-electron chi connectivity index (χ1n) is 15.3. The average molecular weight is 544 g/mol. The maximum absolute atomic E-state index is 13.8. The van der Waals surface area contributed by atoms with Gasteiger partial charge >= 0.3 is 0 Å². The largest absolute Gasteiger partial charge is 0.490 e. The average Bonchev–Trinajstić information content (AvgIpc) is 3.44. The maximum atomic E-state index is 13.8. The highest BCUT2D eigenvalue weighted by Crippen LogP contribution is 2.37. The van der Waals surface area contributed by atoms with Crippen LogP contribution < -0.4 is 10.1 Å². The highest BCUT2D eigenvalue weighted by Gasteiger charge is 2.53. The maximum Gasteiger partial charge on any atom is 0.246 e. The van der Waals surface area contributed by atoms with E-state index in [1.165, 1.54) is 44.9 Å². The molecular weight excluding hydrogens is 498 g/mol. The van der Waals surface area contributed by atoms with Gasteiger partial charge in [-0.05, 0) is 75.0 Å². The Morgan fingerprint density at radius 2 is 1.74 bits per heavy atom. The number of amides is 2. The summed E-state index contributed by atoms with van der Waals surface area (Å²) in [7, 11) is 0. The van der Waals surface area contributed by atoms with Gasteiger partial charge in [-0.3, -0.25) is 14.5 Å². The molecule has 0 aromatic heterocycles. The van der Waals surface area contributed by atoms with Gasteiger partial charge in [0.25, 0.3) is 0 Å². The lowest BCUT2D eigenvalue weighted by molar-refractivity contribution is -0.162. The molecular formula is C31H46ClN3O3. The number of piperazine rings is 1. The number of likely N-dealkylation sites (tertiary alicyclic amines) is 1. The van der Waals surface area contributed by atoms with Gasteiger partial charge in [-0.15, -0.1) is 0 Å². The van der Waals surface area contributed by atoms with E-state index in [1.807, 2.05) is 17.0 Å². The van der Waals surface area contributed by atoms with E-state index < -0.39 is 5.54 Å². The van der Waals surface area contributed by atoms with Crippen molar-refractivity contribution in [1.29, 1.82) is 0 Å². The molecule has 2 aliphatic carbocycles. The zero-order valence-electron chi connectivity index (χ0n) is 23.2. The Morgan fingerprint density at radius 3 is 2.42 bits per heavy atom. The Kier molecular flexibility index (Phi) is 9.20. The molecule has 7 heteroatoms. The summed E-state index contributed by atoms with van der Waals surface area (Å²) in [4.78, 5) is 31.8. The van der Waals surface area contributed by atoms with E-state index in [4.69, 9.17) is 16.3 Å². The summed E-state index contributed by atoms with van der Waals surface area (Å²) in [5.74, 6) is 1.63. The molecule has 6 nitrogen and oxygen atoms in total. The molecule has 1 atom stereocenters. The Labute approximate surface area is 233 Å². The minimum absolute atomic E-state index is 0.0695. The van der Waals surface area contributed by atoms with E-state index in [1.54, 1.807) is 0 Å². The van der Waals surface area contributed by atoms with Crippen molar-refractivity contribution >= 4 is 23.4 Å². The molecule has 1 N–H and O–H groups in total. The lowest BCUT2D eigenvalue weighted by Crippen LogP contribution is -2.73. The molecule has 4 aliphatic rings. The molecule has 210 valence electrons. The van der Waals surface area contributed by atoms with E-state index in [0.717, 1.165) is 68.1 Å². The van der Waals surface area contributed by atoms with Crippen LogP contribution in [0, 0.1) is 5.92 Å². The number of halogens is 1. The van der Waals surface area contributed by atoms with Crippen LogP contribution in [0.5, 0.6) is 5.75 Å². The number of hydrogen-bond donors (Lipinski definition) is 1. The van der Waals surface area contributed by atoms with Crippen LogP contribution in [0.4, 0.5) is 0 Å². The molecule has 1 unspecified atom stereocenters. The fourth-order valence-corrected chi connectivity index (χ4v) is 7.41. The first-order valence-corrected chi connectivity index (χ1v) is 15.7. The van der Waals surface area contributed by atoms with Crippen LogP contribution in [0.15, 0.2) is 18.2 Å². The molecule has 4 fully saturated rings. The van der Waals surface area contributed by atoms with Crippen molar-refractivity contribution in [3.63, 3.8) is 0 Å². The summed E-state index contributed by atoms with van der Waals surface area (Å²) < 4.78 is 6.12. The first kappa shape index (κ1) is 27.8. The van der Waals surface area contributed by atoms with Gasteiger partial charge in [0.2, 0.25) is 11.8 Å². The van der Waals surface area contributed by atoms with Crippen LogP contribution in [0.2, 0.25) is 5.02 Å². The number of rotatable bonds is 9. The van der Waals surface area contributed by atoms with Gasteiger partial charge in [0.15, 0.2) is 0 Å². The minimum atomic E-state index is -0.714. The lowest BCUT2D eigenvalue weighted by atomic mass is 9.79. The fraction of sp³-hybridized carbons (Fsp3) is 0.742. The van der Waals surface area contributed by atoms with Crippen LogP contribution in [0.25, 0.3) is 0 Å². The topological polar surface area (TPSA) is 61.9 Å². The van der Waals surface area contributed by atoms with Crippen LogP contribution in [0.3, 0.4) is 0 Å². The lowest BCUT2D eigenvalue weighted by Gasteiger charge is -2.52. The molecule has 0 bridgehead atoms. The molecule has 1 aromatic carbocycles. The van der Waals surface area contributed by atoms with E-state index in [0.29, 0.717) is 31.4 Å². The number of unbranched alkanes of at least 4 members (excludes halogenated alkanes) is 1. The van der Waals surface area contributed by atoms with Crippen molar-refractivity contribution in [3.05, 3.63) is 28.8 Å². The van der Waals surface area contributed by atoms with Crippen molar-refractivity contribution in [1.82, 2.24) is 15.1 Å². The van der Waals surface area contributed by atoms with Crippen molar-refractivity contribution in [2.45, 2.75) is 121 Å². The van der Waals surface area contributed by atoms with Crippen LogP contribution in [-0.4, -0.2) is 58.9 Å².